The molecule has 1 aliphatic heterocycles. The number of carbonyl (C=O) groups excluding carboxylic acids is 6. The van der Waals surface area contributed by atoms with Gasteiger partial charge in [-0.1, -0.05) is 12.8 Å². The summed E-state index contributed by atoms with van der Waals surface area (Å²) in [5.74, 6) is -9.60. The van der Waals surface area contributed by atoms with Crippen molar-refractivity contribution >= 4 is 105 Å². The van der Waals surface area contributed by atoms with Gasteiger partial charge in [0.2, 0.25) is 17.7 Å². The van der Waals surface area contributed by atoms with Gasteiger partial charge in [-0.25, -0.2) is 19.6 Å². The lowest BCUT2D eigenvalue weighted by molar-refractivity contribution is -0.142. The van der Waals surface area contributed by atoms with Crippen LogP contribution in [-0.4, -0.2) is 296 Å². The van der Waals surface area contributed by atoms with Gasteiger partial charge in [-0.3, -0.25) is 76.9 Å². The minimum atomic E-state index is -2.31. The van der Waals surface area contributed by atoms with E-state index in [4.69, 9.17) is 11.5 Å². The molecular formula is C67H97N21O18. The number of fused-ring (bicyclic) bond motifs is 2. The molecule has 0 spiro atoms. The van der Waals surface area contributed by atoms with Crippen molar-refractivity contribution in [1.82, 2.24) is 85.7 Å². The van der Waals surface area contributed by atoms with Crippen LogP contribution in [0.1, 0.15) is 97.8 Å². The Morgan fingerprint density at radius 2 is 0.906 bits per heavy atom. The molecule has 4 aromatic heterocycles. The molecular weight excluding hydrogens is 1390 g/mol. The van der Waals surface area contributed by atoms with Crippen molar-refractivity contribution < 1.29 is 88.2 Å². The maximum absolute atomic E-state index is 13.9. The lowest BCUT2D eigenvalue weighted by atomic mass is 9.88. The van der Waals surface area contributed by atoms with Crippen LogP contribution in [0.25, 0.3) is 21.8 Å². The molecule has 7 rings (SSSR count). The SMILES string of the molecule is NCCCCCC(=O)NC(CNC(=O)c1ccc2c(cnn2CCCNc2ncc[nH]2)c1)C(=O)O.N[C@](CCC(=O)O)(C(=O)CN1CCN(CC(=O)O)CCN(CC(=O)O)CCN(CC(=O)O)CC1)C(=O)NCCCCCC(=O)NC(CNC(=O)c1ccc2c(cnn2CCCNc2ncc[nH]2)c1)C(=O)O. The molecule has 19 N–H and O–H groups in total. The number of imidazole rings is 2. The van der Waals surface area contributed by atoms with Crippen LogP contribution in [0.2, 0.25) is 0 Å². The summed E-state index contributed by atoms with van der Waals surface area (Å²) >= 11 is 0. The summed E-state index contributed by atoms with van der Waals surface area (Å²) in [5.41, 5.74) is 11.9. The van der Waals surface area contributed by atoms with Crippen LogP contribution in [0, 0.1) is 0 Å². The van der Waals surface area contributed by atoms with Crippen LogP contribution in [0.4, 0.5) is 11.9 Å². The lowest BCUT2D eigenvalue weighted by Gasteiger charge is -2.34. The van der Waals surface area contributed by atoms with Crippen molar-refractivity contribution in [3.8, 4) is 0 Å². The van der Waals surface area contributed by atoms with E-state index in [0.29, 0.717) is 62.3 Å². The van der Waals surface area contributed by atoms with Crippen molar-refractivity contribution in [3.63, 3.8) is 0 Å². The third kappa shape index (κ3) is 29.3. The monoisotopic (exact) mass is 1480 g/mol. The highest BCUT2D eigenvalue weighted by molar-refractivity contribution is 6.11. The van der Waals surface area contributed by atoms with Crippen LogP contribution in [0.15, 0.2) is 73.6 Å². The number of benzene rings is 2. The molecule has 106 heavy (non-hydrogen) atoms. The highest BCUT2D eigenvalue weighted by atomic mass is 16.4. The van der Waals surface area contributed by atoms with Gasteiger partial charge in [-0.15, -0.1) is 0 Å². The first-order valence-corrected chi connectivity index (χ1v) is 34.9. The summed E-state index contributed by atoms with van der Waals surface area (Å²) < 4.78 is 3.67. The number of unbranched alkanes of at least 4 members (excludes halogenated alkanes) is 4. The second-order valence-electron chi connectivity index (χ2n) is 25.3. The largest absolute Gasteiger partial charge is 0.481 e. The number of aliphatic carboxylic acids is 6. The van der Waals surface area contributed by atoms with E-state index in [0.717, 1.165) is 54.6 Å². The molecule has 2 aromatic carbocycles. The Kier molecular flexibility index (Phi) is 34.8. The van der Waals surface area contributed by atoms with Gasteiger partial charge in [0.25, 0.3) is 11.8 Å². The number of hydrogen-bond acceptors (Lipinski definition) is 24. The number of aryl methyl sites for hydroxylation is 2. The van der Waals surface area contributed by atoms with Crippen LogP contribution in [0.5, 0.6) is 0 Å². The molecule has 5 heterocycles. The Morgan fingerprint density at radius 1 is 0.491 bits per heavy atom. The Bertz CT molecular complexity index is 3840. The number of aromatic nitrogens is 8. The molecule has 39 heteroatoms. The second-order valence-corrected chi connectivity index (χ2v) is 25.3. The highest BCUT2D eigenvalue weighted by Gasteiger charge is 2.42. The minimum absolute atomic E-state index is 0.0169. The predicted molar refractivity (Wildman–Crippen MR) is 383 cm³/mol. The van der Waals surface area contributed by atoms with Crippen molar-refractivity contribution in [3.05, 3.63) is 84.7 Å². The Labute approximate surface area is 608 Å². The summed E-state index contributed by atoms with van der Waals surface area (Å²) in [6.45, 7) is 1.87. The molecule has 578 valence electrons. The van der Waals surface area contributed by atoms with Gasteiger partial charge in [-0.2, -0.15) is 10.2 Å². The first-order chi connectivity index (χ1) is 50.8. The molecule has 0 aliphatic carbocycles. The average Bonchev–Trinajstić information content (AvgIpc) is 1.78. The zero-order valence-corrected chi connectivity index (χ0v) is 58.9. The minimum Gasteiger partial charge on any atom is -0.481 e. The van der Waals surface area contributed by atoms with E-state index in [9.17, 15) is 88.2 Å². The van der Waals surface area contributed by atoms with Crippen LogP contribution < -0.4 is 48.7 Å². The van der Waals surface area contributed by atoms with E-state index >= 15 is 0 Å². The van der Waals surface area contributed by atoms with Crippen molar-refractivity contribution in [2.75, 3.05) is 128 Å². The van der Waals surface area contributed by atoms with Gasteiger partial charge in [0, 0.05) is 164 Å². The number of rotatable bonds is 44. The zero-order valence-electron chi connectivity index (χ0n) is 58.9. The van der Waals surface area contributed by atoms with Gasteiger partial charge in [0.1, 0.15) is 12.1 Å². The van der Waals surface area contributed by atoms with Gasteiger partial charge < -0.3 is 89.3 Å². The van der Waals surface area contributed by atoms with E-state index in [2.05, 4.69) is 67.4 Å². The number of nitrogens with two attached hydrogens (primary N) is 2. The third-order valence-electron chi connectivity index (χ3n) is 17.2. The molecule has 1 saturated heterocycles. The fraction of sp³-hybridized carbons (Fsp3) is 0.522. The summed E-state index contributed by atoms with van der Waals surface area (Å²) in [6, 6.07) is 7.54. The number of amides is 5. The summed E-state index contributed by atoms with van der Waals surface area (Å²) in [7, 11) is 0. The number of aromatic amines is 2. The third-order valence-corrected chi connectivity index (χ3v) is 17.2. The van der Waals surface area contributed by atoms with E-state index < -0.39 is 122 Å². The van der Waals surface area contributed by atoms with E-state index in [1.165, 1.54) is 0 Å². The number of anilines is 2. The fourth-order valence-electron chi connectivity index (χ4n) is 11.3. The van der Waals surface area contributed by atoms with Crippen LogP contribution in [-0.2, 0) is 61.0 Å². The Morgan fingerprint density at radius 3 is 1.28 bits per heavy atom. The van der Waals surface area contributed by atoms with Crippen LogP contribution in [0.3, 0.4) is 0 Å². The second kappa shape index (κ2) is 44.0. The fourth-order valence-corrected chi connectivity index (χ4v) is 11.3. The van der Waals surface area contributed by atoms with Crippen molar-refractivity contribution in [2.24, 2.45) is 11.5 Å². The average molecular weight is 1480 g/mol. The quantitative estimate of drug-likeness (QED) is 0.0160. The summed E-state index contributed by atoms with van der Waals surface area (Å²) in [5, 5.41) is 86.3. The number of ketones is 1. The van der Waals surface area contributed by atoms with Crippen molar-refractivity contribution in [2.45, 2.75) is 108 Å². The van der Waals surface area contributed by atoms with Gasteiger partial charge in [-0.05, 0) is 87.9 Å². The Balaban J connectivity index is 0.000000418. The van der Waals surface area contributed by atoms with Crippen molar-refractivity contribution in [1.29, 1.82) is 0 Å². The predicted octanol–water partition coefficient (Wildman–Crippen LogP) is -1.08. The van der Waals surface area contributed by atoms with E-state index in [1.54, 1.807) is 87.1 Å². The molecule has 39 nitrogen and oxygen atoms in total. The Hall–Kier alpha value is -11.0. The molecule has 1 aliphatic rings. The van der Waals surface area contributed by atoms with Gasteiger partial charge >= 0.3 is 35.8 Å². The molecule has 6 aromatic rings. The number of nitrogens with zero attached hydrogens (tertiary/aromatic N) is 10. The maximum Gasteiger partial charge on any atom is 0.328 e. The molecule has 0 bridgehead atoms. The molecule has 2 unspecified atom stereocenters. The molecule has 0 saturated carbocycles. The van der Waals surface area contributed by atoms with E-state index in [1.807, 2.05) is 15.4 Å². The van der Waals surface area contributed by atoms with Crippen LogP contribution >= 0.6 is 0 Å². The first kappa shape index (κ1) is 83.9. The number of carboxylic acid groups (broad SMARTS) is 6. The smallest absolute Gasteiger partial charge is 0.328 e. The molecule has 1 fully saturated rings. The number of H-pyrrole nitrogens is 2. The number of Topliss-reactive ketones (excluding diaryl/α,β-unsaturated/α-hetero) is 1. The maximum atomic E-state index is 13.9. The molecule has 5 amide bonds. The first-order valence-electron chi connectivity index (χ1n) is 34.9. The lowest BCUT2D eigenvalue weighted by Crippen LogP contribution is -2.62. The van der Waals surface area contributed by atoms with E-state index in [-0.39, 0.29) is 103 Å². The van der Waals surface area contributed by atoms with Gasteiger partial charge in [0.15, 0.2) is 23.2 Å². The highest BCUT2D eigenvalue weighted by Crippen LogP contribution is 2.20. The normalized spacial score (nSPS) is 14.5. The number of hydrogen-bond donors (Lipinski definition) is 17. The summed E-state index contributed by atoms with van der Waals surface area (Å²) in [6.07, 6.45) is 13.8. The molecule has 0 radical (unpaired) electrons. The standard InChI is InChI=1S/C44H65N13O14.C23H32N8O4/c45-44(9-8-36(60)61,34(58)26-53-15-17-54(27-37(62)63)19-21-56(29-39(66)67)22-20-55(18-16-53)28-38(64)65)42(71)46-10-3-1-2-5-35(59)52-32(41(69)70)25-50-40(68)30-6-7-33-31(23-30)24-51-57(33)14-4-11-47-43-48-12-13-49-43;24-8-3-1-2-5-20(32)30-18(22(34)35)15-28-21(33)16-6-7-19-17(13-16)14-29-31(19)12-4-9-25-23-26-10-11-27-23/h6-7,12-13,23-24,32H,1-5,8-11,14-22,25-29,45H2,(H,46,71)(H,50,68)(H,52,59)(H,60,61)(H,62,63)(H,64,65)(H,66,67)(H,69,70)(H2,47,48,49);6-7,10-11,13-14,18H,1-5,8-9,12,15,24H2,(H,28,33)(H,30,32)(H,34,35)(H2,25,26,27)/t32?,44-;/m1./s1. The number of carboxylic acids is 6. The molecule has 3 atom stereocenters. The zero-order chi connectivity index (χ0) is 77.0. The van der Waals surface area contributed by atoms with Gasteiger partial charge in [0.05, 0.1) is 49.6 Å². The topological polar surface area (TPSA) is 568 Å². The summed E-state index contributed by atoms with van der Waals surface area (Å²) in [4.78, 5) is 168. The number of nitrogens with one attached hydrogen (secondary N) is 9. The number of carbonyl (C=O) groups is 12.